The van der Waals surface area contributed by atoms with Crippen LogP contribution in [-0.2, 0) is 103 Å². The first-order chi connectivity index (χ1) is 55.5. The second kappa shape index (κ2) is 39.1. The first kappa shape index (κ1) is 91.9. The predicted molar refractivity (Wildman–Crippen MR) is 378 cm³/mol. The first-order valence-corrected chi connectivity index (χ1v) is 36.1. The number of Topliss-reactive ketones (excluding diaryl/α,β-unsaturated/α-hetero) is 5. The summed E-state index contributed by atoms with van der Waals surface area (Å²) >= 11 is 6.04. The lowest BCUT2D eigenvalue weighted by Gasteiger charge is -2.21. The van der Waals surface area contributed by atoms with Crippen LogP contribution < -0.4 is 39.7 Å². The fourth-order valence-corrected chi connectivity index (χ4v) is 13.0. The summed E-state index contributed by atoms with van der Waals surface area (Å²) in [6.45, 7) is 1.15. The highest BCUT2D eigenvalue weighted by Gasteiger charge is 2.47. The minimum atomic E-state index is -4.99. The molecule has 47 heteroatoms. The van der Waals surface area contributed by atoms with Crippen LogP contribution in [0.15, 0.2) is 99.2 Å². The molecule has 7 heterocycles. The van der Waals surface area contributed by atoms with E-state index in [1.165, 1.54) is 52.8 Å². The summed E-state index contributed by atoms with van der Waals surface area (Å²) in [5, 5.41) is 14.2. The summed E-state index contributed by atoms with van der Waals surface area (Å²) in [5.74, 6) is -9.12. The number of halogens is 14. The van der Waals surface area contributed by atoms with E-state index in [4.69, 9.17) is 59.0 Å². The van der Waals surface area contributed by atoms with Crippen molar-refractivity contribution in [3.05, 3.63) is 162 Å². The number of esters is 1. The van der Waals surface area contributed by atoms with E-state index in [1.54, 1.807) is 6.92 Å². The number of hydrogen-bond donors (Lipinski definition) is 2. The molecule has 3 aliphatic carbocycles. The Bertz CT molecular complexity index is 5310. The third-order valence-corrected chi connectivity index (χ3v) is 18.7. The van der Waals surface area contributed by atoms with Crippen molar-refractivity contribution in [1.82, 2.24) is 48.7 Å². The Morgan fingerprint density at radius 2 is 1.25 bits per heavy atom. The predicted octanol–water partition coefficient (Wildman–Crippen LogP) is 10.3. The van der Waals surface area contributed by atoms with Gasteiger partial charge in [0.05, 0.1) is 101 Å². The lowest BCUT2D eigenvalue weighted by molar-refractivity contribution is -0.146. The molecular formula is C71H67ClF13N11O21S. The van der Waals surface area contributed by atoms with Gasteiger partial charge in [0, 0.05) is 81.6 Å². The number of hydrogen-bond acceptors (Lipinski definition) is 28. The van der Waals surface area contributed by atoms with E-state index in [9.17, 15) is 109 Å². The number of sulfonamides is 1. The third-order valence-electron chi connectivity index (χ3n) is 17.0. The maximum Gasteiger partial charge on any atom is 0.433 e. The normalized spacial score (nSPS) is 15.1. The molecule has 2 unspecified atom stereocenters. The molecule has 636 valence electrons. The summed E-state index contributed by atoms with van der Waals surface area (Å²) in [4.78, 5) is 119. The standard InChI is InChI=1S/C21H16ClF4N3O6.C19H20F3NO5.C17H18F3NO5.C14H13F3N6O5S/c1-3-33-18(31)10-34-19-14(5-4-6-27-19)35-15-8-13(12(23)7-11(15)22)29-17(30)9-16(21(24,25)26)28(2)20(29)32;1-27-6-7-28-9-13-12(4-5-14(23-13)19(20,21)22)18(26)15-16(24)10-2-3-11(8-10)17(15)25;1-25-7-8-26-9-11-10(5-6-14(21-11)17(18,19)20)16(24)15-12(22)3-2-4-13(15)23;1-26-8-6-9(27-2)23-13(19-8)20-12(21-23)22-29(24,25)10-7(14(15,16)17)4-5-18-11(10)28-3/h4-9H,3,10H2,1-2H3;4-5,10-11,26H,2-3,6-9H2,1H3;5-6,15H,2-4,7-9H2,1H3;4-6H,1-3H3,(H,21,22). The molecule has 2 N–H and O–H groups in total. The highest BCUT2D eigenvalue weighted by Crippen LogP contribution is 2.44. The summed E-state index contributed by atoms with van der Waals surface area (Å²) in [6, 6.07) is 9.75. The molecule has 0 saturated heterocycles. The van der Waals surface area contributed by atoms with Gasteiger partial charge in [-0.3, -0.25) is 33.3 Å². The van der Waals surface area contributed by atoms with Gasteiger partial charge < -0.3 is 52.5 Å². The van der Waals surface area contributed by atoms with Gasteiger partial charge >= 0.3 is 36.4 Å². The van der Waals surface area contributed by atoms with Gasteiger partial charge in [-0.2, -0.15) is 67.2 Å². The van der Waals surface area contributed by atoms with Crippen LogP contribution >= 0.6 is 11.6 Å². The number of aromatic nitrogens is 10. The van der Waals surface area contributed by atoms with Gasteiger partial charge in [0.2, 0.25) is 17.6 Å². The zero-order valence-electron chi connectivity index (χ0n) is 62.4. The number of methoxy groups -OCH3 is 5. The Labute approximate surface area is 662 Å². The number of aliphatic hydroxyl groups is 1. The Hall–Kier alpha value is -11.6. The molecule has 7 aromatic heterocycles. The quantitative estimate of drug-likeness (QED) is 0.00743. The fourth-order valence-electron chi connectivity index (χ4n) is 11.6. The van der Waals surface area contributed by atoms with Crippen molar-refractivity contribution in [3.63, 3.8) is 0 Å². The van der Waals surface area contributed by atoms with Gasteiger partial charge in [0.25, 0.3) is 33.2 Å². The first-order valence-electron chi connectivity index (χ1n) is 34.2. The summed E-state index contributed by atoms with van der Waals surface area (Å²) in [6.07, 6.45) is -15.1. The fraction of sp³-hybridized carbons (Fsp3) is 0.394. The molecule has 1 aromatic carbocycles. The number of aliphatic hydroxyl groups excluding tert-OH is 1. The topological polar surface area (TPSA) is 400 Å². The van der Waals surface area contributed by atoms with Crippen molar-refractivity contribution < 1.29 is 147 Å². The van der Waals surface area contributed by atoms with Crippen LogP contribution in [0, 0.1) is 23.6 Å². The van der Waals surface area contributed by atoms with Crippen molar-refractivity contribution in [3.8, 4) is 40.7 Å². The smallest absolute Gasteiger partial charge is 0.433 e. The second-order valence-corrected chi connectivity index (χ2v) is 26.8. The minimum absolute atomic E-state index is 0.0797. The van der Waals surface area contributed by atoms with Crippen molar-refractivity contribution in [2.24, 2.45) is 24.8 Å². The van der Waals surface area contributed by atoms with Crippen molar-refractivity contribution in [2.75, 3.05) is 79.9 Å². The average molecular weight is 1720 g/mol. The molecule has 3 fully saturated rings. The second-order valence-electron chi connectivity index (χ2n) is 24.8. The number of alkyl halides is 12. The Morgan fingerprint density at radius 1 is 0.669 bits per heavy atom. The van der Waals surface area contributed by atoms with Crippen LogP contribution in [0.3, 0.4) is 0 Å². The van der Waals surface area contributed by atoms with E-state index < -0.39 is 150 Å². The zero-order valence-corrected chi connectivity index (χ0v) is 64.0. The maximum absolute atomic E-state index is 14.7. The van der Waals surface area contributed by atoms with Crippen LogP contribution in [0.25, 0.3) is 17.2 Å². The average Bonchev–Trinajstić information content (AvgIpc) is 1.51. The molecule has 3 saturated carbocycles. The molecule has 11 rings (SSSR count). The largest absolute Gasteiger partial charge is 0.506 e. The SMILES string of the molecule is CCOC(=O)COc1ncccc1Oc1cc(-n2c(=O)cc(C(F)(F)F)n(C)c2=O)c(F)cc1Cl.COCCOCc1nc(C(F)(F)F)ccc1C(=O)C1C(=O)CCCC1=O.COCCOCc1nc(C(F)(F)F)ccc1C(O)=C1C(=O)C2CCC(C2)C1=O.COc1cc(OC)n2nc(NS(=O)(=O)c3c(C(F)(F)F)ccnc3OC)nc2n1. The number of fused-ring (bicyclic) bond motifs is 3. The van der Waals surface area contributed by atoms with Crippen molar-refractivity contribution in [1.29, 1.82) is 0 Å². The monoisotopic (exact) mass is 1720 g/mol. The molecule has 8 aromatic rings. The molecule has 0 amide bonds. The number of pyridine rings is 4. The van der Waals surface area contributed by atoms with Gasteiger partial charge in [-0.15, -0.1) is 5.10 Å². The molecule has 0 radical (unpaired) electrons. The van der Waals surface area contributed by atoms with E-state index in [2.05, 4.69) is 35.0 Å². The zero-order chi connectivity index (χ0) is 87.1. The lowest BCUT2D eigenvalue weighted by Crippen LogP contribution is -2.41. The van der Waals surface area contributed by atoms with E-state index in [0.29, 0.717) is 49.9 Å². The number of anilines is 1. The van der Waals surface area contributed by atoms with Gasteiger partial charge in [0.1, 0.15) is 45.9 Å². The molecular weight excluding hydrogens is 1660 g/mol. The van der Waals surface area contributed by atoms with E-state index in [-0.39, 0.29) is 154 Å². The molecule has 3 aliphatic rings. The number of allylic oxidation sites excluding steroid dienone is 1. The number of ketones is 5. The number of nitrogens with zero attached hydrogens (tertiary/aromatic N) is 10. The summed E-state index contributed by atoms with van der Waals surface area (Å²) in [7, 11) is 2.46. The highest BCUT2D eigenvalue weighted by atomic mass is 35.5. The number of carbonyl (C=O) groups excluding carboxylic acids is 6. The Kier molecular flexibility index (Phi) is 30.4. The molecule has 2 bridgehead atoms. The molecule has 118 heavy (non-hydrogen) atoms. The van der Waals surface area contributed by atoms with E-state index in [0.717, 1.165) is 43.1 Å². The lowest BCUT2D eigenvalue weighted by atomic mass is 9.81. The van der Waals surface area contributed by atoms with Crippen molar-refractivity contribution >= 4 is 74.0 Å². The highest BCUT2D eigenvalue weighted by molar-refractivity contribution is 7.92. The number of nitrogens with one attached hydrogen (secondary N) is 1. The number of ether oxygens (including phenoxy) is 10. The number of benzene rings is 1. The van der Waals surface area contributed by atoms with Crippen LogP contribution in [0.2, 0.25) is 5.02 Å². The molecule has 2 atom stereocenters. The van der Waals surface area contributed by atoms with Crippen LogP contribution in [-0.4, -0.2) is 172 Å². The Morgan fingerprint density at radius 3 is 1.80 bits per heavy atom. The summed E-state index contributed by atoms with van der Waals surface area (Å²) < 4.78 is 251. The number of carbonyl (C=O) groups is 6. The minimum Gasteiger partial charge on any atom is -0.506 e. The van der Waals surface area contributed by atoms with Crippen LogP contribution in [0.4, 0.5) is 63.0 Å². The van der Waals surface area contributed by atoms with Crippen LogP contribution in [0.5, 0.6) is 35.0 Å². The van der Waals surface area contributed by atoms with E-state index >= 15 is 0 Å². The van der Waals surface area contributed by atoms with Crippen molar-refractivity contribution in [2.45, 2.75) is 88.3 Å². The summed E-state index contributed by atoms with van der Waals surface area (Å²) in [5.41, 5.74) is -9.98. The van der Waals surface area contributed by atoms with Gasteiger partial charge in [-0.25, -0.2) is 51.6 Å². The van der Waals surface area contributed by atoms with Crippen LogP contribution in [0.1, 0.15) is 95.4 Å². The molecule has 32 nitrogen and oxygen atoms in total. The van der Waals surface area contributed by atoms with Gasteiger partial charge in [-0.1, -0.05) is 11.6 Å². The van der Waals surface area contributed by atoms with Gasteiger partial charge in [-0.05, 0) is 81.1 Å². The Balaban J connectivity index is 0.000000197. The van der Waals surface area contributed by atoms with E-state index in [1.807, 2.05) is 4.72 Å². The third kappa shape index (κ3) is 22.4. The molecule has 0 aliphatic heterocycles. The number of rotatable bonds is 26. The maximum atomic E-state index is 14.7. The van der Waals surface area contributed by atoms with Gasteiger partial charge in [0.15, 0.2) is 46.2 Å². The molecule has 0 spiro atoms.